The Labute approximate surface area is 254 Å². The number of ether oxygens (including phenoxy) is 2. The Kier molecular flexibility index (Phi) is 7.39. The third-order valence-electron chi connectivity index (χ3n) is 11.0. The lowest BCUT2D eigenvalue weighted by atomic mass is 9.58. The van der Waals surface area contributed by atoms with Crippen LogP contribution in [0.25, 0.3) is 0 Å². The van der Waals surface area contributed by atoms with Gasteiger partial charge < -0.3 is 13.9 Å². The second-order valence-corrected chi connectivity index (χ2v) is 19.9. The van der Waals surface area contributed by atoms with E-state index in [1.54, 1.807) is 0 Å². The van der Waals surface area contributed by atoms with Gasteiger partial charge >= 0.3 is 6.18 Å². The van der Waals surface area contributed by atoms with Crippen molar-refractivity contribution in [3.63, 3.8) is 0 Å². The highest BCUT2D eigenvalue weighted by molar-refractivity contribution is 6.74. The molecule has 1 saturated heterocycles. The largest absolute Gasteiger partial charge is 0.433 e. The average molecular weight is 620 g/mol. The predicted molar refractivity (Wildman–Crippen MR) is 157 cm³/mol. The standard InChI is InChI=1S/C33H46F3N2O4Si/c1-20(2)28-26-27(32(13-15-40-16-14-32)41-29(26)21-9-10-24(37-19-21)33(34,35)36)25-22(38(28)39)17-31(11-8-12-31)18-23(25)42-43(6,7)30(3,4)5/h9-10,19-20,23,29,39H,8,11-18H2,1-7H3/q+1. The van der Waals surface area contributed by atoms with Crippen LogP contribution in [0.1, 0.15) is 131 Å². The molecule has 1 saturated carbocycles. The molecule has 6 rings (SSSR count). The van der Waals surface area contributed by atoms with Gasteiger partial charge in [0.05, 0.1) is 22.8 Å². The summed E-state index contributed by atoms with van der Waals surface area (Å²) in [4.78, 5) is 3.80. The van der Waals surface area contributed by atoms with E-state index in [1.807, 2.05) is 0 Å². The molecule has 2 aromatic heterocycles. The van der Waals surface area contributed by atoms with E-state index < -0.39 is 31.9 Å². The van der Waals surface area contributed by atoms with Crippen LogP contribution < -0.4 is 4.73 Å². The second kappa shape index (κ2) is 10.3. The Bertz CT molecular complexity index is 1390. The number of aromatic nitrogens is 2. The van der Waals surface area contributed by atoms with E-state index >= 15 is 0 Å². The Balaban J connectivity index is 1.61. The van der Waals surface area contributed by atoms with Gasteiger partial charge in [0.15, 0.2) is 8.32 Å². The molecule has 2 spiro atoms. The monoisotopic (exact) mass is 619 g/mol. The molecule has 2 aliphatic carbocycles. The van der Waals surface area contributed by atoms with E-state index in [4.69, 9.17) is 13.9 Å². The fraction of sp³-hybridized carbons (Fsp3) is 0.697. The summed E-state index contributed by atoms with van der Waals surface area (Å²) in [6, 6.07) is 2.50. The van der Waals surface area contributed by atoms with Crippen LogP contribution in [-0.2, 0) is 32.1 Å². The number of rotatable bonds is 4. The second-order valence-electron chi connectivity index (χ2n) is 15.2. The van der Waals surface area contributed by atoms with Crippen molar-refractivity contribution in [1.29, 1.82) is 0 Å². The van der Waals surface area contributed by atoms with Crippen molar-refractivity contribution in [2.24, 2.45) is 5.41 Å². The number of fused-ring (bicyclic) bond motifs is 4. The lowest BCUT2D eigenvalue weighted by Crippen LogP contribution is -2.52. The lowest BCUT2D eigenvalue weighted by molar-refractivity contribution is -0.916. The number of hydrogen-bond donors (Lipinski definition) is 1. The Morgan fingerprint density at radius 1 is 1.07 bits per heavy atom. The first kappa shape index (κ1) is 31.0. The molecule has 4 aliphatic rings. The van der Waals surface area contributed by atoms with Crippen LogP contribution in [0, 0.1) is 5.41 Å². The molecule has 43 heavy (non-hydrogen) atoms. The lowest BCUT2D eigenvalue weighted by Gasteiger charge is -2.50. The summed E-state index contributed by atoms with van der Waals surface area (Å²) in [6.45, 7) is 16.5. The predicted octanol–water partition coefficient (Wildman–Crippen LogP) is 8.05. The van der Waals surface area contributed by atoms with Crippen molar-refractivity contribution < 1.29 is 37.0 Å². The van der Waals surface area contributed by atoms with Crippen LogP contribution in [0.4, 0.5) is 13.2 Å². The summed E-state index contributed by atoms with van der Waals surface area (Å²) in [5.41, 5.74) is 3.66. The van der Waals surface area contributed by atoms with Crippen molar-refractivity contribution in [3.05, 3.63) is 57.7 Å². The van der Waals surface area contributed by atoms with Crippen LogP contribution in [0.3, 0.4) is 0 Å². The highest BCUT2D eigenvalue weighted by Crippen LogP contribution is 2.61. The molecule has 2 unspecified atom stereocenters. The zero-order valence-electron chi connectivity index (χ0n) is 26.5. The van der Waals surface area contributed by atoms with Gasteiger partial charge in [-0.3, -0.25) is 10.2 Å². The first-order valence-electron chi connectivity index (χ1n) is 15.8. The molecular weight excluding hydrogens is 573 g/mol. The minimum Gasteiger partial charge on any atom is -0.410 e. The molecule has 0 aromatic carbocycles. The van der Waals surface area contributed by atoms with Gasteiger partial charge in [-0.15, -0.1) is 0 Å². The number of hydrogen-bond acceptors (Lipinski definition) is 5. The van der Waals surface area contributed by atoms with Crippen molar-refractivity contribution in [2.75, 3.05) is 13.2 Å². The maximum Gasteiger partial charge on any atom is 0.433 e. The molecule has 0 amide bonds. The van der Waals surface area contributed by atoms with Gasteiger partial charge in [-0.05, 0) is 48.9 Å². The minimum atomic E-state index is -4.53. The average Bonchev–Trinajstić information content (AvgIpc) is 3.20. The molecule has 6 nitrogen and oxygen atoms in total. The van der Waals surface area contributed by atoms with Crippen molar-refractivity contribution in [3.8, 4) is 0 Å². The van der Waals surface area contributed by atoms with Crippen LogP contribution >= 0.6 is 0 Å². The molecule has 4 heterocycles. The topological polar surface area (TPSA) is 64.7 Å². The zero-order valence-corrected chi connectivity index (χ0v) is 27.5. The van der Waals surface area contributed by atoms with Crippen LogP contribution in [0.15, 0.2) is 18.3 Å². The van der Waals surface area contributed by atoms with Gasteiger partial charge in [-0.25, -0.2) is 0 Å². The summed E-state index contributed by atoms with van der Waals surface area (Å²) in [5, 5.41) is 12.1. The molecule has 2 aliphatic heterocycles. The van der Waals surface area contributed by atoms with Gasteiger partial charge in [-0.2, -0.15) is 13.2 Å². The molecule has 1 N–H and O–H groups in total. The zero-order chi connectivity index (χ0) is 31.2. The van der Waals surface area contributed by atoms with Crippen LogP contribution in [-0.4, -0.2) is 31.7 Å². The molecular formula is C33H46F3N2O4Si+. The minimum absolute atomic E-state index is 0.00504. The fourth-order valence-corrected chi connectivity index (χ4v) is 8.87. The van der Waals surface area contributed by atoms with E-state index in [0.717, 1.165) is 59.8 Å². The van der Waals surface area contributed by atoms with E-state index in [1.165, 1.54) is 23.4 Å². The van der Waals surface area contributed by atoms with Crippen LogP contribution in [0.5, 0.6) is 0 Å². The third kappa shape index (κ3) is 5.04. The maximum absolute atomic E-state index is 13.4. The summed E-state index contributed by atoms with van der Waals surface area (Å²) < 4.78 is 61.9. The number of alkyl halides is 3. The van der Waals surface area contributed by atoms with Crippen molar-refractivity contribution in [2.45, 2.75) is 128 Å². The number of halogens is 3. The first-order chi connectivity index (χ1) is 20.0. The van der Waals surface area contributed by atoms with Crippen molar-refractivity contribution in [1.82, 2.24) is 4.98 Å². The molecule has 10 heteroatoms. The molecule has 236 valence electrons. The Morgan fingerprint density at radius 3 is 2.26 bits per heavy atom. The normalized spacial score (nSPS) is 24.7. The molecule has 2 aromatic rings. The number of pyridine rings is 2. The molecule has 0 radical (unpaired) electrons. The SMILES string of the molecule is CC(C)c1c2c(c3c([n+]1O)CC1(CCC1)CC3O[Si](C)(C)C(C)(C)C)C1(CCOCC1)OC2c1ccc(C(F)(F)F)nc1. The fourth-order valence-electron chi connectivity index (χ4n) is 7.61. The van der Waals surface area contributed by atoms with E-state index in [0.29, 0.717) is 31.6 Å². The molecule has 2 atom stereocenters. The van der Waals surface area contributed by atoms with Crippen LogP contribution in [0.2, 0.25) is 18.1 Å². The van der Waals surface area contributed by atoms with Gasteiger partial charge in [0.25, 0.3) is 0 Å². The van der Waals surface area contributed by atoms with Gasteiger partial charge in [-0.1, -0.05) is 47.1 Å². The van der Waals surface area contributed by atoms with Crippen molar-refractivity contribution >= 4 is 8.32 Å². The van der Waals surface area contributed by atoms with E-state index in [-0.39, 0.29) is 22.5 Å². The van der Waals surface area contributed by atoms with E-state index in [2.05, 4.69) is 52.7 Å². The molecule has 0 bridgehead atoms. The third-order valence-corrected chi connectivity index (χ3v) is 15.5. The summed E-state index contributed by atoms with van der Waals surface area (Å²) >= 11 is 0. The quantitative estimate of drug-likeness (QED) is 0.213. The highest BCUT2D eigenvalue weighted by Gasteiger charge is 2.59. The first-order valence-corrected chi connectivity index (χ1v) is 18.7. The number of nitrogens with zero attached hydrogens (tertiary/aromatic N) is 2. The molecule has 2 fully saturated rings. The smallest absolute Gasteiger partial charge is 0.410 e. The Morgan fingerprint density at radius 2 is 1.74 bits per heavy atom. The summed E-state index contributed by atoms with van der Waals surface area (Å²) in [7, 11) is -2.24. The summed E-state index contributed by atoms with van der Waals surface area (Å²) in [6.07, 6.45) is 2.24. The van der Waals surface area contributed by atoms with Gasteiger partial charge in [0, 0.05) is 60.4 Å². The van der Waals surface area contributed by atoms with Gasteiger partial charge in [0.2, 0.25) is 11.4 Å². The Hall–Kier alpha value is -2.01. The highest BCUT2D eigenvalue weighted by atomic mass is 28.4. The maximum atomic E-state index is 13.4. The summed E-state index contributed by atoms with van der Waals surface area (Å²) in [5.74, 6) is -0.0634. The van der Waals surface area contributed by atoms with E-state index in [9.17, 15) is 18.4 Å². The van der Waals surface area contributed by atoms with Gasteiger partial charge in [0.1, 0.15) is 11.8 Å².